The Kier molecular flexibility index (Phi) is 7.65. The lowest BCUT2D eigenvalue weighted by Gasteiger charge is -2.52. The Morgan fingerprint density at radius 1 is 1.11 bits per heavy atom. The molecule has 9 heteroatoms. The monoisotopic (exact) mass is 500 g/mol. The third-order valence-electron chi connectivity index (χ3n) is 6.68. The number of amides is 3. The van der Waals surface area contributed by atoms with Crippen LogP contribution < -0.4 is 16.8 Å². The number of nitrogens with one attached hydrogen (secondary N) is 1. The van der Waals surface area contributed by atoms with Crippen molar-refractivity contribution in [2.24, 2.45) is 17.1 Å². The number of likely N-dealkylation sites (tertiary alicyclic amines) is 1. The lowest BCUT2D eigenvalue weighted by Crippen LogP contribution is -2.61. The first-order valence-electron chi connectivity index (χ1n) is 11.6. The van der Waals surface area contributed by atoms with Crippen LogP contribution in [0.2, 0.25) is 5.02 Å². The Labute approximate surface area is 210 Å². The highest BCUT2D eigenvalue weighted by Crippen LogP contribution is 2.49. The first kappa shape index (κ1) is 26.3. The highest BCUT2D eigenvalue weighted by molar-refractivity contribution is 6.30. The molecule has 0 bridgehead atoms. The molecule has 1 aliphatic rings. The van der Waals surface area contributed by atoms with Crippen LogP contribution in [-0.4, -0.2) is 41.9 Å². The van der Waals surface area contributed by atoms with Crippen molar-refractivity contribution < 1.29 is 19.1 Å². The molecule has 0 aromatic heterocycles. The molecule has 1 heterocycles. The van der Waals surface area contributed by atoms with Crippen LogP contribution in [0.25, 0.3) is 0 Å². The summed E-state index contributed by atoms with van der Waals surface area (Å²) in [4.78, 5) is 40.1. The van der Waals surface area contributed by atoms with Crippen molar-refractivity contribution >= 4 is 35.2 Å². The third kappa shape index (κ3) is 5.53. The van der Waals surface area contributed by atoms with Crippen LogP contribution >= 0.6 is 11.6 Å². The number of carbonyl (C=O) groups excluding carboxylic acids is 3. The van der Waals surface area contributed by atoms with Crippen LogP contribution in [0.4, 0.5) is 10.5 Å². The molecule has 3 amide bonds. The number of carbonyl (C=O) groups is 3. The summed E-state index contributed by atoms with van der Waals surface area (Å²) in [7, 11) is 0. The van der Waals surface area contributed by atoms with E-state index in [0.717, 1.165) is 5.56 Å². The van der Waals surface area contributed by atoms with E-state index in [-0.39, 0.29) is 17.7 Å². The number of nitrogens with two attached hydrogens (primary N) is 2. The molecule has 0 aliphatic carbocycles. The minimum atomic E-state index is -1.04. The number of nitrogen functional groups attached to an aromatic ring is 1. The fourth-order valence-electron chi connectivity index (χ4n) is 4.79. The second kappa shape index (κ2) is 10.2. The standard InChI is InChI=1S/C26H33ClN4O4/c1-16(2)21(30-22(32)17-6-5-7-20(28)14-17)23(33)31-13-12-26(35-24(29)34,25(3,4)15-31)18-8-10-19(27)11-9-18/h5-11,14,16,21H,12-13,15,28H2,1-4H3,(H2,29,34)(H,30,32). The van der Waals surface area contributed by atoms with Gasteiger partial charge in [0.05, 0.1) is 0 Å². The number of primary amides is 1. The number of benzene rings is 2. The molecular formula is C26H33ClN4O4. The predicted molar refractivity (Wildman–Crippen MR) is 136 cm³/mol. The second-order valence-corrected chi connectivity index (χ2v) is 10.4. The average molecular weight is 501 g/mol. The number of rotatable bonds is 6. The fourth-order valence-corrected chi connectivity index (χ4v) is 4.92. The van der Waals surface area contributed by atoms with Gasteiger partial charge in [0.1, 0.15) is 11.6 Å². The molecule has 0 spiro atoms. The van der Waals surface area contributed by atoms with Gasteiger partial charge in [0.25, 0.3) is 5.91 Å². The molecule has 35 heavy (non-hydrogen) atoms. The molecular weight excluding hydrogens is 468 g/mol. The van der Waals surface area contributed by atoms with E-state index in [1.165, 1.54) is 0 Å². The van der Waals surface area contributed by atoms with Crippen molar-refractivity contribution in [2.45, 2.75) is 45.8 Å². The topological polar surface area (TPSA) is 128 Å². The van der Waals surface area contributed by atoms with Gasteiger partial charge in [-0.15, -0.1) is 0 Å². The van der Waals surface area contributed by atoms with E-state index in [4.69, 9.17) is 27.8 Å². The van der Waals surface area contributed by atoms with Crippen LogP contribution in [0.5, 0.6) is 0 Å². The molecule has 1 saturated heterocycles. The number of nitrogens with zero attached hydrogens (tertiary/aromatic N) is 1. The predicted octanol–water partition coefficient (Wildman–Crippen LogP) is 3.93. The summed E-state index contributed by atoms with van der Waals surface area (Å²) in [5.41, 5.74) is 11.2. The van der Waals surface area contributed by atoms with Crippen LogP contribution in [0.3, 0.4) is 0 Å². The van der Waals surface area contributed by atoms with Gasteiger partial charge < -0.3 is 26.4 Å². The molecule has 0 saturated carbocycles. The van der Waals surface area contributed by atoms with Crippen molar-refractivity contribution in [1.29, 1.82) is 0 Å². The number of ether oxygens (including phenoxy) is 1. The van der Waals surface area contributed by atoms with Gasteiger partial charge in [0.2, 0.25) is 5.91 Å². The van der Waals surface area contributed by atoms with Gasteiger partial charge in [-0.05, 0) is 41.8 Å². The van der Waals surface area contributed by atoms with Crippen molar-refractivity contribution in [3.8, 4) is 0 Å². The highest BCUT2D eigenvalue weighted by atomic mass is 35.5. The van der Waals surface area contributed by atoms with E-state index in [1.807, 2.05) is 39.8 Å². The summed E-state index contributed by atoms with van der Waals surface area (Å²) in [5.74, 6) is -0.720. The summed E-state index contributed by atoms with van der Waals surface area (Å²) < 4.78 is 5.77. The maximum atomic E-state index is 13.6. The summed E-state index contributed by atoms with van der Waals surface area (Å²) in [6.07, 6.45) is -0.549. The van der Waals surface area contributed by atoms with Gasteiger partial charge in [-0.25, -0.2) is 4.79 Å². The van der Waals surface area contributed by atoms with E-state index in [2.05, 4.69) is 5.32 Å². The Hall–Kier alpha value is -3.26. The smallest absolute Gasteiger partial charge is 0.405 e. The summed E-state index contributed by atoms with van der Waals surface area (Å²) >= 11 is 6.07. The minimum Gasteiger partial charge on any atom is -0.437 e. The van der Waals surface area contributed by atoms with Crippen LogP contribution in [0, 0.1) is 11.3 Å². The molecule has 3 rings (SSSR count). The van der Waals surface area contributed by atoms with Crippen LogP contribution in [0.1, 0.15) is 50.0 Å². The fraction of sp³-hybridized carbons (Fsp3) is 0.423. The molecule has 2 unspecified atom stereocenters. The molecule has 1 fully saturated rings. The first-order valence-corrected chi connectivity index (χ1v) is 11.9. The lowest BCUT2D eigenvalue weighted by molar-refractivity contribution is -0.155. The second-order valence-electron chi connectivity index (χ2n) is 9.97. The number of halogens is 1. The van der Waals surface area contributed by atoms with E-state index >= 15 is 0 Å². The van der Waals surface area contributed by atoms with Crippen molar-refractivity contribution in [3.05, 3.63) is 64.7 Å². The zero-order valence-electron chi connectivity index (χ0n) is 20.5. The van der Waals surface area contributed by atoms with Gasteiger partial charge >= 0.3 is 6.09 Å². The van der Waals surface area contributed by atoms with E-state index in [9.17, 15) is 14.4 Å². The first-order chi connectivity index (χ1) is 16.4. The molecule has 5 N–H and O–H groups in total. The zero-order chi connectivity index (χ0) is 26.0. The average Bonchev–Trinajstić information content (AvgIpc) is 2.78. The highest BCUT2D eigenvalue weighted by Gasteiger charge is 2.54. The van der Waals surface area contributed by atoms with Gasteiger partial charge in [-0.1, -0.05) is 57.5 Å². The quantitative estimate of drug-likeness (QED) is 0.518. The zero-order valence-corrected chi connectivity index (χ0v) is 21.3. The Bertz CT molecular complexity index is 1100. The Balaban J connectivity index is 1.85. The van der Waals surface area contributed by atoms with E-state index < -0.39 is 23.2 Å². The SMILES string of the molecule is CC(C)C(NC(=O)c1cccc(N)c1)C(=O)N1CCC(OC(N)=O)(c2ccc(Cl)cc2)C(C)(C)C1. The van der Waals surface area contributed by atoms with Crippen LogP contribution in [0.15, 0.2) is 48.5 Å². The maximum Gasteiger partial charge on any atom is 0.405 e. The normalized spacial score (nSPS) is 20.2. The number of piperidine rings is 1. The van der Waals surface area contributed by atoms with E-state index in [0.29, 0.717) is 35.8 Å². The van der Waals surface area contributed by atoms with Crippen LogP contribution in [-0.2, 0) is 15.1 Å². The minimum absolute atomic E-state index is 0.152. The molecule has 2 aromatic rings. The molecule has 0 radical (unpaired) electrons. The van der Waals surface area contributed by atoms with Gasteiger partial charge in [0.15, 0.2) is 0 Å². The lowest BCUT2D eigenvalue weighted by atomic mass is 9.66. The Morgan fingerprint density at radius 2 is 1.77 bits per heavy atom. The third-order valence-corrected chi connectivity index (χ3v) is 6.93. The number of hydrogen-bond acceptors (Lipinski definition) is 5. The molecule has 2 aromatic carbocycles. The maximum absolute atomic E-state index is 13.6. The van der Waals surface area contributed by atoms with Crippen molar-refractivity contribution in [2.75, 3.05) is 18.8 Å². The molecule has 2 atom stereocenters. The van der Waals surface area contributed by atoms with Gasteiger partial charge in [-0.2, -0.15) is 0 Å². The summed E-state index contributed by atoms with van der Waals surface area (Å²) in [5, 5.41) is 3.43. The number of hydrogen-bond donors (Lipinski definition) is 3. The summed E-state index contributed by atoms with van der Waals surface area (Å²) in [6.45, 7) is 8.23. The van der Waals surface area contributed by atoms with Gasteiger partial charge in [-0.3, -0.25) is 9.59 Å². The Morgan fingerprint density at radius 3 is 2.31 bits per heavy atom. The largest absolute Gasteiger partial charge is 0.437 e. The van der Waals surface area contributed by atoms with Gasteiger partial charge in [0, 0.05) is 41.2 Å². The molecule has 1 aliphatic heterocycles. The summed E-state index contributed by atoms with van der Waals surface area (Å²) in [6, 6.07) is 13.0. The molecule has 8 nitrogen and oxygen atoms in total. The van der Waals surface area contributed by atoms with Crippen molar-refractivity contribution in [1.82, 2.24) is 10.2 Å². The van der Waals surface area contributed by atoms with E-state index in [1.54, 1.807) is 41.3 Å². The van der Waals surface area contributed by atoms with Crippen molar-refractivity contribution in [3.63, 3.8) is 0 Å². The number of anilines is 1. The molecule has 188 valence electrons.